The van der Waals surface area contributed by atoms with Crippen LogP contribution >= 0.6 is 11.8 Å². The first-order valence-corrected chi connectivity index (χ1v) is 8.13. The smallest absolute Gasteiger partial charge is 0.260 e. The van der Waals surface area contributed by atoms with E-state index < -0.39 is 0 Å². The molecule has 0 aromatic heterocycles. The van der Waals surface area contributed by atoms with E-state index in [1.807, 2.05) is 18.2 Å². The van der Waals surface area contributed by atoms with Crippen LogP contribution in [0.25, 0.3) is 0 Å². The van der Waals surface area contributed by atoms with Crippen LogP contribution in [0.4, 0.5) is 0 Å². The largest absolute Gasteiger partial charge is 0.490 e. The van der Waals surface area contributed by atoms with Crippen LogP contribution in [-0.4, -0.2) is 42.7 Å². The van der Waals surface area contributed by atoms with Gasteiger partial charge in [-0.2, -0.15) is 0 Å². The zero-order valence-electron chi connectivity index (χ0n) is 11.7. The van der Waals surface area contributed by atoms with Crippen molar-refractivity contribution in [2.75, 3.05) is 25.5 Å². The average Bonchev–Trinajstić information content (AvgIpc) is 3.18. The lowest BCUT2D eigenvalue weighted by Gasteiger charge is -2.14. The van der Waals surface area contributed by atoms with Crippen molar-refractivity contribution in [1.82, 2.24) is 5.32 Å². The highest BCUT2D eigenvalue weighted by Crippen LogP contribution is 2.21. The van der Waals surface area contributed by atoms with Crippen molar-refractivity contribution < 1.29 is 14.3 Å². The van der Waals surface area contributed by atoms with E-state index >= 15 is 0 Å². The molecule has 1 fully saturated rings. The molecule has 0 spiro atoms. The number of aliphatic imine (C=N–C) groups is 1. The summed E-state index contributed by atoms with van der Waals surface area (Å²) in [5.74, 6) is 1.34. The molecule has 0 radical (unpaired) electrons. The highest BCUT2D eigenvalue weighted by atomic mass is 32.2. The summed E-state index contributed by atoms with van der Waals surface area (Å²) in [7, 11) is 0. The number of carbonyl (C=O) groups is 1. The Morgan fingerprint density at radius 1 is 1.48 bits per heavy atom. The first-order valence-electron chi connectivity index (χ1n) is 7.15. The minimum atomic E-state index is -0.175. The number of carbonyl (C=O) groups excluding carboxylic acids is 1. The van der Waals surface area contributed by atoms with Crippen LogP contribution < -0.4 is 10.1 Å². The predicted octanol–water partition coefficient (Wildman–Crippen LogP) is 2.08. The number of amidine groups is 1. The van der Waals surface area contributed by atoms with Gasteiger partial charge < -0.3 is 14.8 Å². The van der Waals surface area contributed by atoms with E-state index in [1.165, 1.54) is 0 Å². The molecule has 0 bridgehead atoms. The lowest BCUT2D eigenvalue weighted by molar-refractivity contribution is 0.0671. The molecule has 2 aliphatic heterocycles. The van der Waals surface area contributed by atoms with Gasteiger partial charge in [0, 0.05) is 12.4 Å². The quantitative estimate of drug-likeness (QED) is 0.925. The molecular weight excluding hydrogens is 288 g/mol. The molecule has 1 unspecified atom stereocenters. The molecule has 0 aliphatic carbocycles. The van der Waals surface area contributed by atoms with Crippen LogP contribution in [0.15, 0.2) is 29.3 Å². The molecule has 2 aliphatic rings. The van der Waals surface area contributed by atoms with Crippen LogP contribution in [-0.2, 0) is 4.74 Å². The third kappa shape index (κ3) is 3.77. The van der Waals surface area contributed by atoms with Gasteiger partial charge in [-0.05, 0) is 25.0 Å². The fourth-order valence-corrected chi connectivity index (χ4v) is 3.04. The maximum atomic E-state index is 12.3. The van der Waals surface area contributed by atoms with E-state index in [2.05, 4.69) is 10.3 Å². The summed E-state index contributed by atoms with van der Waals surface area (Å²) >= 11 is 1.56. The van der Waals surface area contributed by atoms with Gasteiger partial charge >= 0.3 is 0 Å². The Bertz CT molecular complexity index is 541. The van der Waals surface area contributed by atoms with Gasteiger partial charge in [0.25, 0.3) is 5.91 Å². The fourth-order valence-electron chi connectivity index (χ4n) is 2.31. The maximum Gasteiger partial charge on any atom is 0.260 e. The summed E-state index contributed by atoms with van der Waals surface area (Å²) in [6, 6.07) is 7.27. The fraction of sp³-hybridized carbons (Fsp3) is 0.467. The van der Waals surface area contributed by atoms with Gasteiger partial charge in [0.1, 0.15) is 12.4 Å². The molecule has 0 saturated carbocycles. The minimum Gasteiger partial charge on any atom is -0.490 e. The van der Waals surface area contributed by atoms with Crippen molar-refractivity contribution in [2.45, 2.75) is 18.9 Å². The maximum absolute atomic E-state index is 12.3. The van der Waals surface area contributed by atoms with Crippen LogP contribution in [0.5, 0.6) is 5.75 Å². The van der Waals surface area contributed by atoms with Crippen molar-refractivity contribution >= 4 is 22.8 Å². The molecule has 1 aromatic rings. The number of hydrogen-bond acceptors (Lipinski definition) is 5. The molecule has 6 heteroatoms. The Morgan fingerprint density at radius 2 is 2.38 bits per heavy atom. The molecule has 5 nitrogen and oxygen atoms in total. The Kier molecular flexibility index (Phi) is 4.77. The van der Waals surface area contributed by atoms with Gasteiger partial charge in [-0.15, -0.1) is 0 Å². The van der Waals surface area contributed by atoms with Gasteiger partial charge in [0.05, 0.1) is 18.2 Å². The summed E-state index contributed by atoms with van der Waals surface area (Å²) in [5, 5.41) is 3.52. The normalized spacial score (nSPS) is 21.1. The van der Waals surface area contributed by atoms with E-state index in [-0.39, 0.29) is 12.0 Å². The van der Waals surface area contributed by atoms with Crippen LogP contribution in [0.1, 0.15) is 23.2 Å². The molecule has 1 atom stereocenters. The van der Waals surface area contributed by atoms with Gasteiger partial charge in [-0.3, -0.25) is 9.79 Å². The molecule has 2 heterocycles. The Balaban J connectivity index is 1.64. The summed E-state index contributed by atoms with van der Waals surface area (Å²) in [5.41, 5.74) is 0.533. The highest BCUT2D eigenvalue weighted by molar-refractivity contribution is 8.14. The second kappa shape index (κ2) is 6.95. The van der Waals surface area contributed by atoms with Crippen LogP contribution in [0.2, 0.25) is 0 Å². The zero-order valence-corrected chi connectivity index (χ0v) is 12.5. The number of nitrogens with one attached hydrogen (secondary N) is 1. The van der Waals surface area contributed by atoms with Crippen LogP contribution in [0.3, 0.4) is 0 Å². The molecule has 112 valence electrons. The van der Waals surface area contributed by atoms with Crippen molar-refractivity contribution in [3.63, 3.8) is 0 Å². The molecule has 3 rings (SSSR count). The summed E-state index contributed by atoms with van der Waals surface area (Å²) in [6.45, 7) is 2.05. The van der Waals surface area contributed by atoms with Crippen molar-refractivity contribution in [2.24, 2.45) is 4.99 Å². The topological polar surface area (TPSA) is 59.9 Å². The SMILES string of the molecule is O=C(NC1=NCCS1)c1ccccc1OCC1CCCO1. The summed E-state index contributed by atoms with van der Waals surface area (Å²) in [6.07, 6.45) is 2.23. The monoisotopic (exact) mass is 306 g/mol. The highest BCUT2D eigenvalue weighted by Gasteiger charge is 2.19. The third-order valence-electron chi connectivity index (χ3n) is 3.39. The van der Waals surface area contributed by atoms with Gasteiger partial charge in [0.2, 0.25) is 0 Å². The lowest BCUT2D eigenvalue weighted by Crippen LogP contribution is -2.28. The Labute approximate surface area is 128 Å². The molecule has 1 aromatic carbocycles. The standard InChI is InChI=1S/C15H18N2O3S/c18-14(17-15-16-7-9-21-15)12-5-1-2-6-13(12)20-10-11-4-3-8-19-11/h1-2,5-6,11H,3-4,7-10H2,(H,16,17,18). The second-order valence-corrected chi connectivity index (χ2v) is 6.02. The number of benzene rings is 1. The number of rotatable bonds is 4. The van der Waals surface area contributed by atoms with Crippen molar-refractivity contribution in [3.05, 3.63) is 29.8 Å². The van der Waals surface area contributed by atoms with E-state index in [4.69, 9.17) is 9.47 Å². The number of hydrogen-bond donors (Lipinski definition) is 1. The van der Waals surface area contributed by atoms with Gasteiger partial charge in [0.15, 0.2) is 5.17 Å². The minimum absolute atomic E-state index is 0.135. The number of ether oxygens (including phenoxy) is 2. The molecule has 21 heavy (non-hydrogen) atoms. The first-order chi connectivity index (χ1) is 10.3. The van der Waals surface area contributed by atoms with E-state index in [0.29, 0.717) is 23.1 Å². The van der Waals surface area contributed by atoms with Gasteiger partial charge in [-0.1, -0.05) is 23.9 Å². The summed E-state index contributed by atoms with van der Waals surface area (Å²) < 4.78 is 11.3. The predicted molar refractivity (Wildman–Crippen MR) is 83.1 cm³/mol. The van der Waals surface area contributed by atoms with Crippen molar-refractivity contribution in [3.8, 4) is 5.75 Å². The molecule has 1 saturated heterocycles. The third-order valence-corrected chi connectivity index (χ3v) is 4.28. The van der Waals surface area contributed by atoms with E-state index in [0.717, 1.165) is 31.7 Å². The second-order valence-electron chi connectivity index (χ2n) is 4.93. The molecular formula is C15H18N2O3S. The van der Waals surface area contributed by atoms with E-state index in [1.54, 1.807) is 17.8 Å². The number of nitrogens with zero attached hydrogens (tertiary/aromatic N) is 1. The van der Waals surface area contributed by atoms with Gasteiger partial charge in [-0.25, -0.2) is 0 Å². The van der Waals surface area contributed by atoms with Crippen LogP contribution in [0, 0.1) is 0 Å². The first kappa shape index (κ1) is 14.4. The number of para-hydroxylation sites is 1. The zero-order chi connectivity index (χ0) is 14.5. The average molecular weight is 306 g/mol. The van der Waals surface area contributed by atoms with Crippen molar-refractivity contribution in [1.29, 1.82) is 0 Å². The Morgan fingerprint density at radius 3 is 3.14 bits per heavy atom. The number of amides is 1. The number of thioether (sulfide) groups is 1. The lowest BCUT2D eigenvalue weighted by atomic mass is 10.2. The summed E-state index contributed by atoms with van der Waals surface area (Å²) in [4.78, 5) is 16.5. The Hall–Kier alpha value is -1.53. The molecule has 1 N–H and O–H groups in total. The van der Waals surface area contributed by atoms with E-state index in [9.17, 15) is 4.79 Å². The molecule has 1 amide bonds.